The van der Waals surface area contributed by atoms with Gasteiger partial charge in [0.15, 0.2) is 0 Å². The summed E-state index contributed by atoms with van der Waals surface area (Å²) in [6.07, 6.45) is 3.68. The lowest BCUT2D eigenvalue weighted by atomic mass is 10.0. The normalized spacial score (nSPS) is 10.9. The van der Waals surface area contributed by atoms with E-state index in [0.29, 0.717) is 0 Å². The predicted octanol–water partition coefficient (Wildman–Crippen LogP) is 4.29. The van der Waals surface area contributed by atoms with Gasteiger partial charge in [0.05, 0.1) is 5.69 Å². The first kappa shape index (κ1) is 11.9. The van der Waals surface area contributed by atoms with Crippen molar-refractivity contribution >= 4 is 10.8 Å². The van der Waals surface area contributed by atoms with Crippen molar-refractivity contribution < 1.29 is 0 Å². The molecular formula is C18H13N3. The number of fused-ring (bicyclic) bond motifs is 1. The lowest BCUT2D eigenvalue weighted by Gasteiger charge is -2.03. The first-order chi connectivity index (χ1) is 10.4. The van der Waals surface area contributed by atoms with Gasteiger partial charge in [0.2, 0.25) is 0 Å². The maximum absolute atomic E-state index is 4.68. The third kappa shape index (κ3) is 2.09. The highest BCUT2D eigenvalue weighted by Crippen LogP contribution is 2.27. The Morgan fingerprint density at radius 1 is 0.762 bits per heavy atom. The third-order valence-electron chi connectivity index (χ3n) is 3.55. The minimum atomic E-state index is 0.860. The Balaban J connectivity index is 1.85. The van der Waals surface area contributed by atoms with Crippen LogP contribution in [0.25, 0.3) is 33.5 Å². The number of aromatic nitrogens is 3. The predicted molar refractivity (Wildman–Crippen MR) is 84.8 cm³/mol. The van der Waals surface area contributed by atoms with Crippen molar-refractivity contribution in [3.8, 4) is 22.8 Å². The maximum atomic E-state index is 4.68. The standard InChI is InChI=1S/C18H13N3/c1-2-8-14-13(6-1)7-5-9-15(14)18-20-12-17(21-18)16-10-3-4-11-19-16/h1-12H,(H,20,21). The molecule has 0 fully saturated rings. The number of benzene rings is 2. The molecule has 0 spiro atoms. The average Bonchev–Trinajstić information content (AvgIpc) is 3.05. The van der Waals surface area contributed by atoms with Crippen LogP contribution < -0.4 is 0 Å². The van der Waals surface area contributed by atoms with Crippen molar-refractivity contribution in [2.75, 3.05) is 0 Å². The van der Waals surface area contributed by atoms with Crippen LogP contribution in [0.15, 0.2) is 73.1 Å². The molecule has 0 unspecified atom stereocenters. The van der Waals surface area contributed by atoms with E-state index >= 15 is 0 Å². The molecule has 21 heavy (non-hydrogen) atoms. The zero-order valence-electron chi connectivity index (χ0n) is 11.3. The van der Waals surface area contributed by atoms with Crippen LogP contribution in [0, 0.1) is 0 Å². The second kappa shape index (κ2) is 4.87. The highest BCUT2D eigenvalue weighted by molar-refractivity contribution is 5.95. The van der Waals surface area contributed by atoms with E-state index in [1.165, 1.54) is 10.8 Å². The van der Waals surface area contributed by atoms with E-state index < -0.39 is 0 Å². The van der Waals surface area contributed by atoms with Crippen molar-refractivity contribution in [2.45, 2.75) is 0 Å². The molecule has 0 aliphatic rings. The minimum Gasteiger partial charge on any atom is -0.344 e. The zero-order valence-corrected chi connectivity index (χ0v) is 11.3. The molecule has 0 saturated heterocycles. The second-order valence-corrected chi connectivity index (χ2v) is 4.88. The fourth-order valence-electron chi connectivity index (χ4n) is 2.54. The molecule has 3 nitrogen and oxygen atoms in total. The van der Waals surface area contributed by atoms with Crippen LogP contribution in [-0.4, -0.2) is 15.0 Å². The van der Waals surface area contributed by atoms with Gasteiger partial charge in [0.25, 0.3) is 0 Å². The van der Waals surface area contributed by atoms with E-state index in [9.17, 15) is 0 Å². The van der Waals surface area contributed by atoms with Crippen LogP contribution in [0.4, 0.5) is 0 Å². The van der Waals surface area contributed by atoms with Crippen molar-refractivity contribution in [2.24, 2.45) is 0 Å². The van der Waals surface area contributed by atoms with E-state index in [0.717, 1.165) is 22.8 Å². The van der Waals surface area contributed by atoms with Gasteiger partial charge in [-0.3, -0.25) is 4.98 Å². The molecule has 2 heterocycles. The molecule has 4 rings (SSSR count). The summed E-state index contributed by atoms with van der Waals surface area (Å²) in [6.45, 7) is 0. The van der Waals surface area contributed by atoms with E-state index in [1.807, 2.05) is 30.5 Å². The summed E-state index contributed by atoms with van der Waals surface area (Å²) in [6, 6.07) is 20.4. The molecule has 0 bridgehead atoms. The molecule has 3 heteroatoms. The first-order valence-electron chi connectivity index (χ1n) is 6.87. The van der Waals surface area contributed by atoms with Crippen LogP contribution in [0.2, 0.25) is 0 Å². The molecule has 0 radical (unpaired) electrons. The van der Waals surface area contributed by atoms with Gasteiger partial charge >= 0.3 is 0 Å². The van der Waals surface area contributed by atoms with Crippen LogP contribution in [0.5, 0.6) is 0 Å². The first-order valence-corrected chi connectivity index (χ1v) is 6.87. The Labute approximate surface area is 122 Å². The molecule has 4 aromatic rings. The number of hydrogen-bond acceptors (Lipinski definition) is 2. The Morgan fingerprint density at radius 3 is 2.52 bits per heavy atom. The Bertz CT molecular complexity index is 889. The Kier molecular flexibility index (Phi) is 2.75. The summed E-state index contributed by atoms with van der Waals surface area (Å²) in [4.78, 5) is 12.3. The fourth-order valence-corrected chi connectivity index (χ4v) is 2.54. The lowest BCUT2D eigenvalue weighted by Crippen LogP contribution is -1.84. The monoisotopic (exact) mass is 271 g/mol. The zero-order chi connectivity index (χ0) is 14.1. The van der Waals surface area contributed by atoms with Gasteiger partial charge in [-0.25, -0.2) is 4.98 Å². The maximum Gasteiger partial charge on any atom is 0.138 e. The molecule has 0 aliphatic heterocycles. The minimum absolute atomic E-state index is 0.860. The summed E-state index contributed by atoms with van der Waals surface area (Å²) in [5.74, 6) is 0.868. The van der Waals surface area contributed by atoms with Crippen LogP contribution in [-0.2, 0) is 0 Å². The van der Waals surface area contributed by atoms with Crippen LogP contribution >= 0.6 is 0 Å². The topological polar surface area (TPSA) is 41.6 Å². The van der Waals surface area contributed by atoms with E-state index in [2.05, 4.69) is 51.4 Å². The number of imidazole rings is 1. The van der Waals surface area contributed by atoms with Gasteiger partial charge in [-0.1, -0.05) is 48.5 Å². The SMILES string of the molecule is c1ccc(-c2c[nH]c(-c3cccc4ccccc34)n2)nc1. The molecule has 0 amide bonds. The van der Waals surface area contributed by atoms with Gasteiger partial charge in [-0.2, -0.15) is 0 Å². The van der Waals surface area contributed by atoms with Gasteiger partial charge in [-0.05, 0) is 22.9 Å². The largest absolute Gasteiger partial charge is 0.344 e. The molecule has 2 aromatic carbocycles. The van der Waals surface area contributed by atoms with Gasteiger partial charge in [0.1, 0.15) is 11.5 Å². The van der Waals surface area contributed by atoms with Crippen LogP contribution in [0.1, 0.15) is 0 Å². The van der Waals surface area contributed by atoms with Crippen LogP contribution in [0.3, 0.4) is 0 Å². The second-order valence-electron chi connectivity index (χ2n) is 4.88. The van der Waals surface area contributed by atoms with Gasteiger partial charge in [-0.15, -0.1) is 0 Å². The summed E-state index contributed by atoms with van der Waals surface area (Å²) < 4.78 is 0. The summed E-state index contributed by atoms with van der Waals surface area (Å²) >= 11 is 0. The van der Waals surface area contributed by atoms with Crippen molar-refractivity contribution in [1.82, 2.24) is 15.0 Å². The lowest BCUT2D eigenvalue weighted by molar-refractivity contribution is 1.27. The molecule has 2 aromatic heterocycles. The molecule has 0 aliphatic carbocycles. The number of pyridine rings is 1. The van der Waals surface area contributed by atoms with E-state index in [-0.39, 0.29) is 0 Å². The Morgan fingerprint density at radius 2 is 1.62 bits per heavy atom. The highest BCUT2D eigenvalue weighted by Gasteiger charge is 2.09. The number of H-pyrrole nitrogens is 1. The summed E-state index contributed by atoms with van der Waals surface area (Å²) in [7, 11) is 0. The fraction of sp³-hybridized carbons (Fsp3) is 0. The van der Waals surface area contributed by atoms with Crippen molar-refractivity contribution in [3.63, 3.8) is 0 Å². The van der Waals surface area contributed by atoms with Crippen molar-refractivity contribution in [1.29, 1.82) is 0 Å². The molecular weight excluding hydrogens is 258 g/mol. The summed E-state index contributed by atoms with van der Waals surface area (Å²) in [5.41, 5.74) is 2.84. The smallest absolute Gasteiger partial charge is 0.138 e. The average molecular weight is 271 g/mol. The third-order valence-corrected chi connectivity index (χ3v) is 3.55. The Hall–Kier alpha value is -2.94. The quantitative estimate of drug-likeness (QED) is 0.591. The van der Waals surface area contributed by atoms with Gasteiger partial charge < -0.3 is 4.98 Å². The summed E-state index contributed by atoms with van der Waals surface area (Å²) in [5, 5.41) is 2.41. The number of hydrogen-bond donors (Lipinski definition) is 1. The molecule has 0 atom stereocenters. The van der Waals surface area contributed by atoms with Crippen molar-refractivity contribution in [3.05, 3.63) is 73.1 Å². The van der Waals surface area contributed by atoms with E-state index in [4.69, 9.17) is 0 Å². The number of aromatic amines is 1. The van der Waals surface area contributed by atoms with E-state index in [1.54, 1.807) is 6.20 Å². The number of rotatable bonds is 2. The molecule has 1 N–H and O–H groups in total. The number of nitrogens with zero attached hydrogens (tertiary/aromatic N) is 2. The molecule has 100 valence electrons. The number of nitrogens with one attached hydrogen (secondary N) is 1. The highest BCUT2D eigenvalue weighted by atomic mass is 14.9. The molecule has 0 saturated carbocycles. The van der Waals surface area contributed by atoms with Gasteiger partial charge in [0, 0.05) is 18.0 Å².